The number of methoxy groups -OCH3 is 1. The van der Waals surface area contributed by atoms with Gasteiger partial charge in [-0.2, -0.15) is 31.6 Å². The number of alkyl halides is 6. The number of ether oxygens (including phenoxy) is 2. The second-order valence-corrected chi connectivity index (χ2v) is 11.8. The molecule has 8 nitrogen and oxygen atoms in total. The third kappa shape index (κ3) is 7.46. The SMILES string of the molecule is CNC(=NC#N)Nc1ccc(OC)c(C2=C(CN3C(=O)O[C@H](c4cc(C(F)(F)F)cc(C(F)(F)F)c4)[C@@H]3C)CC(C)(C)CC2)c1. The molecule has 0 aromatic heterocycles. The van der Waals surface area contributed by atoms with Gasteiger partial charge in [0.1, 0.15) is 11.9 Å². The van der Waals surface area contributed by atoms with Crippen molar-refractivity contribution in [2.75, 3.05) is 26.0 Å². The summed E-state index contributed by atoms with van der Waals surface area (Å²) in [7, 11) is 3.12. The predicted octanol–water partition coefficient (Wildman–Crippen LogP) is 7.75. The minimum atomic E-state index is -5.04. The van der Waals surface area contributed by atoms with Crippen molar-refractivity contribution in [3.05, 3.63) is 64.2 Å². The number of halogens is 6. The van der Waals surface area contributed by atoms with E-state index in [0.29, 0.717) is 36.4 Å². The molecule has 1 heterocycles. The van der Waals surface area contributed by atoms with Crippen molar-refractivity contribution in [1.82, 2.24) is 10.2 Å². The van der Waals surface area contributed by atoms with E-state index in [1.807, 2.05) is 6.07 Å². The van der Waals surface area contributed by atoms with Crippen LogP contribution >= 0.6 is 0 Å². The third-order valence-corrected chi connectivity index (χ3v) is 8.05. The van der Waals surface area contributed by atoms with E-state index in [9.17, 15) is 31.1 Å². The molecule has 0 spiro atoms. The van der Waals surface area contributed by atoms with Gasteiger partial charge in [0.05, 0.1) is 24.3 Å². The molecule has 2 aliphatic rings. The highest BCUT2D eigenvalue weighted by atomic mass is 19.4. The Morgan fingerprint density at radius 3 is 2.33 bits per heavy atom. The van der Waals surface area contributed by atoms with E-state index in [4.69, 9.17) is 14.7 Å². The molecule has 14 heteroatoms. The number of nitrogens with zero attached hydrogens (tertiary/aromatic N) is 3. The zero-order valence-corrected chi connectivity index (χ0v) is 25.3. The average molecular weight is 638 g/mol. The molecule has 1 aliphatic carbocycles. The normalized spacial score (nSPS) is 20.5. The molecule has 0 bridgehead atoms. The molecule has 2 atom stereocenters. The van der Waals surface area contributed by atoms with Gasteiger partial charge in [-0.15, -0.1) is 4.99 Å². The third-order valence-electron chi connectivity index (χ3n) is 8.05. The van der Waals surface area contributed by atoms with Crippen molar-refractivity contribution in [1.29, 1.82) is 5.26 Å². The number of anilines is 1. The second kappa shape index (κ2) is 12.5. The maximum Gasteiger partial charge on any atom is 0.416 e. The maximum absolute atomic E-state index is 13.5. The first-order valence-electron chi connectivity index (χ1n) is 14.0. The van der Waals surface area contributed by atoms with Gasteiger partial charge in [0.2, 0.25) is 12.2 Å². The van der Waals surface area contributed by atoms with Gasteiger partial charge >= 0.3 is 18.4 Å². The topological polar surface area (TPSA) is 99.0 Å². The number of amides is 1. The minimum absolute atomic E-state index is 0.0405. The molecular formula is C31H33F6N5O3. The lowest BCUT2D eigenvalue weighted by Gasteiger charge is -2.36. The van der Waals surface area contributed by atoms with Crippen LogP contribution in [0.5, 0.6) is 5.75 Å². The van der Waals surface area contributed by atoms with Crippen LogP contribution in [0.25, 0.3) is 5.57 Å². The largest absolute Gasteiger partial charge is 0.496 e. The Morgan fingerprint density at radius 2 is 1.78 bits per heavy atom. The lowest BCUT2D eigenvalue weighted by molar-refractivity contribution is -0.143. The Bertz CT molecular complexity index is 1530. The highest BCUT2D eigenvalue weighted by Crippen LogP contribution is 2.47. The first kappa shape index (κ1) is 33.5. The van der Waals surface area contributed by atoms with Crippen LogP contribution < -0.4 is 15.4 Å². The number of hydrogen-bond acceptors (Lipinski definition) is 5. The van der Waals surface area contributed by atoms with Gasteiger partial charge in [0, 0.05) is 24.8 Å². The first-order valence-corrected chi connectivity index (χ1v) is 14.0. The fraction of sp³-hybridized carbons (Fsp3) is 0.452. The Labute approximate surface area is 256 Å². The van der Waals surface area contributed by atoms with Crippen LogP contribution in [0.3, 0.4) is 0 Å². The molecule has 242 valence electrons. The summed E-state index contributed by atoms with van der Waals surface area (Å²) in [6, 6.07) is 5.68. The van der Waals surface area contributed by atoms with E-state index in [1.165, 1.54) is 18.9 Å². The molecule has 2 aromatic carbocycles. The van der Waals surface area contributed by atoms with Gasteiger partial charge in [-0.1, -0.05) is 13.8 Å². The number of guanidine groups is 1. The summed E-state index contributed by atoms with van der Waals surface area (Å²) in [6.45, 7) is 5.73. The van der Waals surface area contributed by atoms with Gasteiger partial charge in [0.15, 0.2) is 0 Å². The van der Waals surface area contributed by atoms with Crippen molar-refractivity contribution in [2.24, 2.45) is 10.4 Å². The number of nitriles is 1. The number of allylic oxidation sites excluding steroid dienone is 1. The molecule has 0 radical (unpaired) electrons. The highest BCUT2D eigenvalue weighted by molar-refractivity contribution is 5.94. The van der Waals surface area contributed by atoms with Crippen LogP contribution in [0.4, 0.5) is 36.8 Å². The lowest BCUT2D eigenvalue weighted by Crippen LogP contribution is -2.35. The summed E-state index contributed by atoms with van der Waals surface area (Å²) in [4.78, 5) is 18.2. The number of nitrogens with one attached hydrogen (secondary N) is 2. The standard InChI is InChI=1S/C31H33F6N5O3/c1-17-26(18-10-20(30(32,33)34)12-21(11-18)31(35,36)37)45-28(43)42(17)15-19-14-29(2,3)9-8-23(19)24-13-22(6-7-25(24)44-5)41-27(39-4)40-16-38/h6-7,10-13,17,26H,8-9,14-15H2,1-5H3,(H2,39,40,41)/t17-,26-/m0/s1. The smallest absolute Gasteiger partial charge is 0.416 e. The predicted molar refractivity (Wildman–Crippen MR) is 155 cm³/mol. The average Bonchev–Trinajstić information content (AvgIpc) is 3.24. The molecule has 1 fully saturated rings. The monoisotopic (exact) mass is 637 g/mol. The fourth-order valence-electron chi connectivity index (χ4n) is 5.75. The van der Waals surface area contributed by atoms with Crippen molar-refractivity contribution in [3.63, 3.8) is 0 Å². The Balaban J connectivity index is 1.74. The van der Waals surface area contributed by atoms with Gasteiger partial charge in [-0.3, -0.25) is 4.90 Å². The van der Waals surface area contributed by atoms with E-state index < -0.39 is 47.3 Å². The summed E-state index contributed by atoms with van der Waals surface area (Å²) < 4.78 is 92.4. The van der Waals surface area contributed by atoms with Gasteiger partial charge in [-0.05, 0) is 84.7 Å². The van der Waals surface area contributed by atoms with Crippen LogP contribution in [-0.4, -0.2) is 43.7 Å². The van der Waals surface area contributed by atoms with Crippen molar-refractivity contribution >= 4 is 23.3 Å². The Kier molecular flexibility index (Phi) is 9.32. The summed E-state index contributed by atoms with van der Waals surface area (Å²) in [5.41, 5.74) is -0.432. The Hall–Kier alpha value is -4.41. The van der Waals surface area contributed by atoms with Gasteiger partial charge < -0.3 is 20.1 Å². The van der Waals surface area contributed by atoms with E-state index in [1.54, 1.807) is 25.4 Å². The van der Waals surface area contributed by atoms with Crippen molar-refractivity contribution in [2.45, 2.75) is 64.5 Å². The van der Waals surface area contributed by atoms with Crippen LogP contribution in [0.15, 0.2) is 47.0 Å². The molecule has 45 heavy (non-hydrogen) atoms. The number of benzene rings is 2. The molecule has 0 saturated carbocycles. The first-order chi connectivity index (χ1) is 21.0. The van der Waals surface area contributed by atoms with E-state index >= 15 is 0 Å². The van der Waals surface area contributed by atoms with Gasteiger partial charge in [-0.25, -0.2) is 4.79 Å². The number of aliphatic imine (C=N–C) groups is 1. The molecule has 4 rings (SSSR count). The van der Waals surface area contributed by atoms with Crippen LogP contribution in [0, 0.1) is 16.9 Å². The molecule has 2 N–H and O–H groups in total. The summed E-state index contributed by atoms with van der Waals surface area (Å²) in [5, 5.41) is 14.8. The zero-order chi connectivity index (χ0) is 33.3. The summed E-state index contributed by atoms with van der Waals surface area (Å²) >= 11 is 0. The number of cyclic esters (lactones) is 1. The number of carbonyl (C=O) groups is 1. The molecular weight excluding hydrogens is 604 g/mol. The van der Waals surface area contributed by atoms with Crippen LogP contribution in [0.1, 0.15) is 68.4 Å². The van der Waals surface area contributed by atoms with E-state index in [-0.39, 0.29) is 24.0 Å². The molecule has 0 unspecified atom stereocenters. The zero-order valence-electron chi connectivity index (χ0n) is 25.3. The second-order valence-electron chi connectivity index (χ2n) is 11.8. The van der Waals surface area contributed by atoms with Crippen molar-refractivity contribution in [3.8, 4) is 11.9 Å². The molecule has 2 aromatic rings. The highest BCUT2D eigenvalue weighted by Gasteiger charge is 2.44. The van der Waals surface area contributed by atoms with Crippen molar-refractivity contribution < 1.29 is 40.6 Å². The quantitative estimate of drug-likeness (QED) is 0.146. The fourth-order valence-corrected chi connectivity index (χ4v) is 5.75. The molecule has 1 amide bonds. The number of rotatable bonds is 6. The van der Waals surface area contributed by atoms with E-state index in [2.05, 4.69) is 29.5 Å². The Morgan fingerprint density at radius 1 is 1.13 bits per heavy atom. The maximum atomic E-state index is 13.5. The number of hydrogen-bond donors (Lipinski definition) is 2. The lowest BCUT2D eigenvalue weighted by atomic mass is 9.72. The number of carbonyl (C=O) groups excluding carboxylic acids is 1. The molecule has 1 saturated heterocycles. The molecule has 1 aliphatic heterocycles. The van der Waals surface area contributed by atoms with Crippen LogP contribution in [0.2, 0.25) is 0 Å². The van der Waals surface area contributed by atoms with Crippen LogP contribution in [-0.2, 0) is 17.1 Å². The summed E-state index contributed by atoms with van der Waals surface area (Å²) in [5.74, 6) is 0.769. The van der Waals surface area contributed by atoms with Gasteiger partial charge in [0.25, 0.3) is 0 Å². The summed E-state index contributed by atoms with van der Waals surface area (Å²) in [6.07, 6.45) is -8.60. The minimum Gasteiger partial charge on any atom is -0.496 e. The van der Waals surface area contributed by atoms with E-state index in [0.717, 1.165) is 23.1 Å².